The molecule has 3 aromatic rings. The van der Waals surface area contributed by atoms with Crippen LogP contribution in [0.5, 0.6) is 0 Å². The molecule has 0 amide bonds. The molecule has 2 N–H and O–H groups in total. The Morgan fingerprint density at radius 1 is 1.20 bits per heavy atom. The summed E-state index contributed by atoms with van der Waals surface area (Å²) in [4.78, 5) is 3.94. The molecule has 2 unspecified atom stereocenters. The van der Waals surface area contributed by atoms with Crippen LogP contribution in [-0.2, 0) is 36.5 Å². The number of nitrogens with one attached hydrogen (secondary N) is 2. The molecular weight excluding hydrogens is 420 g/mol. The minimum absolute atomic E-state index is 0.0280. The monoisotopic (exact) mass is 444 g/mol. The zero-order valence-electron chi connectivity index (χ0n) is 17.0. The van der Waals surface area contributed by atoms with Gasteiger partial charge in [0.2, 0.25) is 0 Å². The SMILES string of the molecule is CNC1Cc2ccc(CNS(=O)(=O)c3cn(C)cn3)cc2C1Cc1cccc(Cl)c1. The van der Waals surface area contributed by atoms with E-state index in [2.05, 4.69) is 33.2 Å². The van der Waals surface area contributed by atoms with Crippen LogP contribution in [0.15, 0.2) is 60.0 Å². The van der Waals surface area contributed by atoms with Crippen molar-refractivity contribution >= 4 is 21.6 Å². The summed E-state index contributed by atoms with van der Waals surface area (Å²) in [5, 5.41) is 4.21. The number of hydrogen-bond acceptors (Lipinski definition) is 4. The van der Waals surface area contributed by atoms with Crippen molar-refractivity contribution in [2.75, 3.05) is 7.05 Å². The van der Waals surface area contributed by atoms with E-state index in [-0.39, 0.29) is 11.6 Å². The van der Waals surface area contributed by atoms with Gasteiger partial charge in [-0.25, -0.2) is 18.1 Å². The van der Waals surface area contributed by atoms with E-state index >= 15 is 0 Å². The third-order valence-electron chi connectivity index (χ3n) is 5.67. The first-order valence-electron chi connectivity index (χ1n) is 9.87. The summed E-state index contributed by atoms with van der Waals surface area (Å²) in [5.74, 6) is 0.302. The number of aromatic nitrogens is 2. The molecule has 0 saturated carbocycles. The van der Waals surface area contributed by atoms with Gasteiger partial charge in [-0.05, 0) is 54.3 Å². The van der Waals surface area contributed by atoms with E-state index in [1.54, 1.807) is 11.6 Å². The fraction of sp³-hybridized carbons (Fsp3) is 0.318. The molecule has 0 saturated heterocycles. The quantitative estimate of drug-likeness (QED) is 0.587. The average molecular weight is 445 g/mol. The molecule has 0 bridgehead atoms. The number of hydrogen-bond donors (Lipinski definition) is 2. The largest absolute Gasteiger partial charge is 0.339 e. The maximum Gasteiger partial charge on any atom is 0.259 e. The van der Waals surface area contributed by atoms with E-state index in [1.165, 1.54) is 29.2 Å². The van der Waals surface area contributed by atoms with E-state index < -0.39 is 10.0 Å². The lowest BCUT2D eigenvalue weighted by Crippen LogP contribution is -2.30. The molecule has 0 fully saturated rings. The Kier molecular flexibility index (Phi) is 5.97. The molecule has 2 aromatic carbocycles. The Morgan fingerprint density at radius 2 is 2.03 bits per heavy atom. The highest BCUT2D eigenvalue weighted by Gasteiger charge is 2.31. The average Bonchev–Trinajstić information content (AvgIpc) is 3.31. The maximum absolute atomic E-state index is 12.5. The lowest BCUT2D eigenvalue weighted by Gasteiger charge is -2.20. The van der Waals surface area contributed by atoms with Crippen LogP contribution in [0.1, 0.15) is 28.2 Å². The van der Waals surface area contributed by atoms with Crippen molar-refractivity contribution in [3.05, 3.63) is 82.3 Å². The number of nitrogens with zero attached hydrogens (tertiary/aromatic N) is 2. The van der Waals surface area contributed by atoms with Crippen molar-refractivity contribution in [3.8, 4) is 0 Å². The Bertz CT molecular complexity index is 1160. The number of halogens is 1. The maximum atomic E-state index is 12.5. The molecular formula is C22H25ClN4O2S. The van der Waals surface area contributed by atoms with Gasteiger partial charge >= 0.3 is 0 Å². The van der Waals surface area contributed by atoms with Crippen LogP contribution in [0.25, 0.3) is 0 Å². The molecule has 1 aromatic heterocycles. The van der Waals surface area contributed by atoms with Gasteiger partial charge < -0.3 is 9.88 Å². The Labute approximate surface area is 182 Å². The topological polar surface area (TPSA) is 76.0 Å². The van der Waals surface area contributed by atoms with Crippen LogP contribution >= 0.6 is 11.6 Å². The molecule has 2 atom stereocenters. The van der Waals surface area contributed by atoms with Crippen LogP contribution in [0, 0.1) is 0 Å². The highest BCUT2D eigenvalue weighted by atomic mass is 35.5. The lowest BCUT2D eigenvalue weighted by molar-refractivity contribution is 0.492. The minimum atomic E-state index is -3.64. The van der Waals surface area contributed by atoms with Crippen LogP contribution in [0.2, 0.25) is 5.02 Å². The molecule has 1 aliphatic carbocycles. The van der Waals surface area contributed by atoms with Crippen LogP contribution in [-0.4, -0.2) is 31.1 Å². The normalized spacial score (nSPS) is 18.5. The van der Waals surface area contributed by atoms with Gasteiger partial charge in [-0.2, -0.15) is 0 Å². The second kappa shape index (κ2) is 8.51. The first-order chi connectivity index (χ1) is 14.4. The van der Waals surface area contributed by atoms with Gasteiger partial charge in [0, 0.05) is 36.8 Å². The summed E-state index contributed by atoms with van der Waals surface area (Å²) in [6, 6.07) is 14.5. The Balaban J connectivity index is 1.54. The van der Waals surface area contributed by atoms with Crippen molar-refractivity contribution in [1.82, 2.24) is 19.6 Å². The van der Waals surface area contributed by atoms with Crippen LogP contribution in [0.3, 0.4) is 0 Å². The predicted octanol–water partition coefficient (Wildman–Crippen LogP) is 3.02. The van der Waals surface area contributed by atoms with Gasteiger partial charge in [-0.3, -0.25) is 0 Å². The molecule has 0 aliphatic heterocycles. The standard InChI is InChI=1S/C22H25ClN4O2S/c1-24-21-11-17-7-6-16(12-26-30(28,29)22-13-27(2)14-25-22)10-19(17)20(21)9-15-4-3-5-18(23)8-15/h3-8,10,13-14,20-21,24,26H,9,11-12H2,1-2H3. The van der Waals surface area contributed by atoms with Crippen molar-refractivity contribution in [1.29, 1.82) is 0 Å². The molecule has 4 rings (SSSR count). The van der Waals surface area contributed by atoms with Crippen molar-refractivity contribution in [2.24, 2.45) is 7.05 Å². The van der Waals surface area contributed by atoms with Crippen LogP contribution < -0.4 is 10.0 Å². The molecule has 0 radical (unpaired) electrons. The third kappa shape index (κ3) is 4.44. The number of imidazole rings is 1. The number of benzene rings is 2. The van der Waals surface area contributed by atoms with E-state index in [0.29, 0.717) is 12.0 Å². The number of likely N-dealkylation sites (N-methyl/N-ethyl adjacent to an activating group) is 1. The second-order valence-corrected chi connectivity index (χ2v) is 9.93. The molecule has 6 nitrogen and oxygen atoms in total. The fourth-order valence-corrected chi connectivity index (χ4v) is 5.34. The van der Waals surface area contributed by atoms with Gasteiger partial charge in [0.05, 0.1) is 6.33 Å². The first-order valence-corrected chi connectivity index (χ1v) is 11.7. The van der Waals surface area contributed by atoms with Gasteiger partial charge in [0.25, 0.3) is 10.0 Å². The molecule has 30 heavy (non-hydrogen) atoms. The lowest BCUT2D eigenvalue weighted by atomic mass is 9.90. The molecule has 1 aliphatic rings. The zero-order chi connectivity index (χ0) is 21.3. The highest BCUT2D eigenvalue weighted by molar-refractivity contribution is 7.89. The number of rotatable bonds is 7. The van der Waals surface area contributed by atoms with E-state index in [4.69, 9.17) is 11.6 Å². The first kappa shape index (κ1) is 21.1. The van der Waals surface area contributed by atoms with Gasteiger partial charge in [-0.1, -0.05) is 41.9 Å². The number of fused-ring (bicyclic) bond motifs is 1. The fourth-order valence-electron chi connectivity index (χ4n) is 4.13. The zero-order valence-corrected chi connectivity index (χ0v) is 18.5. The summed E-state index contributed by atoms with van der Waals surface area (Å²) in [6.07, 6.45) is 4.80. The summed E-state index contributed by atoms with van der Waals surface area (Å²) in [5.41, 5.74) is 4.70. The smallest absolute Gasteiger partial charge is 0.259 e. The van der Waals surface area contributed by atoms with Crippen molar-refractivity contribution in [2.45, 2.75) is 36.4 Å². The van der Waals surface area contributed by atoms with E-state index in [0.717, 1.165) is 23.4 Å². The van der Waals surface area contributed by atoms with Gasteiger partial charge in [0.1, 0.15) is 0 Å². The molecule has 1 heterocycles. The third-order valence-corrected chi connectivity index (χ3v) is 7.19. The predicted molar refractivity (Wildman–Crippen MR) is 118 cm³/mol. The molecule has 8 heteroatoms. The van der Waals surface area contributed by atoms with Crippen LogP contribution in [0.4, 0.5) is 0 Å². The Morgan fingerprint density at radius 3 is 2.73 bits per heavy atom. The van der Waals surface area contributed by atoms with Crippen molar-refractivity contribution in [3.63, 3.8) is 0 Å². The van der Waals surface area contributed by atoms with Gasteiger partial charge in [-0.15, -0.1) is 0 Å². The highest BCUT2D eigenvalue weighted by Crippen LogP contribution is 2.36. The number of aryl methyl sites for hydroxylation is 1. The second-order valence-electron chi connectivity index (χ2n) is 7.77. The molecule has 158 valence electrons. The summed E-state index contributed by atoms with van der Waals surface area (Å²) < 4.78 is 29.2. The van der Waals surface area contributed by atoms with E-state index in [9.17, 15) is 8.42 Å². The van der Waals surface area contributed by atoms with Gasteiger partial charge in [0.15, 0.2) is 5.03 Å². The summed E-state index contributed by atoms with van der Waals surface area (Å²) >= 11 is 6.17. The minimum Gasteiger partial charge on any atom is -0.339 e. The Hall–Kier alpha value is -2.19. The summed E-state index contributed by atoms with van der Waals surface area (Å²) in [7, 11) is 0.0874. The summed E-state index contributed by atoms with van der Waals surface area (Å²) in [6.45, 7) is 0.223. The van der Waals surface area contributed by atoms with E-state index in [1.807, 2.05) is 31.3 Å². The molecule has 0 spiro atoms. The number of sulfonamides is 1. The van der Waals surface area contributed by atoms with Crippen molar-refractivity contribution < 1.29 is 8.42 Å².